The van der Waals surface area contributed by atoms with Gasteiger partial charge in [0.15, 0.2) is 0 Å². The predicted molar refractivity (Wildman–Crippen MR) is 46.2 cm³/mol. The fraction of sp³-hybridized carbons (Fsp3) is 0.889. The monoisotopic (exact) mass is 185 g/mol. The Labute approximate surface area is 77.1 Å². The molecule has 0 saturated heterocycles. The van der Waals surface area contributed by atoms with Crippen molar-refractivity contribution in [1.29, 1.82) is 0 Å². The average Bonchev–Trinajstić information content (AvgIpc) is 2.39. The third-order valence-corrected chi connectivity index (χ3v) is 3.30. The van der Waals surface area contributed by atoms with Gasteiger partial charge in [-0.3, -0.25) is 0 Å². The van der Waals surface area contributed by atoms with Crippen molar-refractivity contribution in [2.24, 2.45) is 17.1 Å². The van der Waals surface area contributed by atoms with Crippen LogP contribution in [0.3, 0.4) is 0 Å². The van der Waals surface area contributed by atoms with E-state index in [1.165, 1.54) is 0 Å². The molecule has 3 aliphatic rings. The van der Waals surface area contributed by atoms with Crippen molar-refractivity contribution in [3.05, 3.63) is 0 Å². The first-order valence-corrected chi connectivity index (χ1v) is 4.66. The van der Waals surface area contributed by atoms with Gasteiger partial charge >= 0.3 is 5.97 Å². The van der Waals surface area contributed by atoms with Gasteiger partial charge < -0.3 is 15.6 Å². The largest absolute Gasteiger partial charge is 0.480 e. The Morgan fingerprint density at radius 3 is 2.69 bits per heavy atom. The van der Waals surface area contributed by atoms with Crippen LogP contribution in [0.15, 0.2) is 0 Å². The second-order valence-corrected chi connectivity index (χ2v) is 4.42. The number of carboxylic acid groups (broad SMARTS) is 1. The van der Waals surface area contributed by atoms with Gasteiger partial charge in [-0.2, -0.15) is 0 Å². The van der Waals surface area contributed by atoms with Crippen molar-refractivity contribution in [2.75, 3.05) is 13.2 Å². The van der Waals surface area contributed by atoms with E-state index in [-0.39, 0.29) is 12.0 Å². The standard InChI is InChI=1S/C9H15NO3/c10-7-3-9(1-6(7)2-9)5-13-4-8(11)12/h6-7H,1-5,10H2,(H,11,12)/t6?,7-,9?/m0/s1. The molecular weight excluding hydrogens is 170 g/mol. The minimum absolute atomic E-state index is 0.179. The molecule has 74 valence electrons. The molecule has 3 rings (SSSR count). The Morgan fingerprint density at radius 1 is 1.54 bits per heavy atom. The van der Waals surface area contributed by atoms with Crippen LogP contribution in [0.1, 0.15) is 19.3 Å². The van der Waals surface area contributed by atoms with Crippen LogP contribution in [-0.2, 0) is 9.53 Å². The summed E-state index contributed by atoms with van der Waals surface area (Å²) in [5.41, 5.74) is 6.10. The Hall–Kier alpha value is -0.610. The number of fused-ring (bicyclic) bond motifs is 1. The molecule has 0 radical (unpaired) electrons. The molecule has 13 heavy (non-hydrogen) atoms. The summed E-state index contributed by atoms with van der Waals surface area (Å²) in [4.78, 5) is 10.2. The topological polar surface area (TPSA) is 72.5 Å². The molecule has 0 heterocycles. The van der Waals surface area contributed by atoms with Crippen molar-refractivity contribution in [3.63, 3.8) is 0 Å². The van der Waals surface area contributed by atoms with E-state index >= 15 is 0 Å². The molecule has 0 aromatic rings. The highest BCUT2D eigenvalue weighted by Gasteiger charge is 2.54. The summed E-state index contributed by atoms with van der Waals surface area (Å²) in [6.45, 7) is 0.394. The van der Waals surface area contributed by atoms with E-state index in [1.807, 2.05) is 0 Å². The van der Waals surface area contributed by atoms with Crippen molar-refractivity contribution < 1.29 is 14.6 Å². The van der Waals surface area contributed by atoms with Gasteiger partial charge in [-0.1, -0.05) is 0 Å². The van der Waals surface area contributed by atoms with Crippen molar-refractivity contribution >= 4 is 5.97 Å². The van der Waals surface area contributed by atoms with Gasteiger partial charge in [0.1, 0.15) is 6.61 Å². The predicted octanol–water partition coefficient (Wildman–Crippen LogP) is 0.215. The zero-order chi connectivity index (χ0) is 9.47. The molecule has 0 amide bonds. The third-order valence-electron chi connectivity index (χ3n) is 3.30. The minimum Gasteiger partial charge on any atom is -0.480 e. The first-order valence-electron chi connectivity index (χ1n) is 4.66. The summed E-state index contributed by atoms with van der Waals surface area (Å²) in [5.74, 6) is -0.219. The molecule has 4 heteroatoms. The van der Waals surface area contributed by atoms with Crippen molar-refractivity contribution in [3.8, 4) is 0 Å². The van der Waals surface area contributed by atoms with Gasteiger partial charge in [-0.25, -0.2) is 4.79 Å². The van der Waals surface area contributed by atoms with Gasteiger partial charge in [0.05, 0.1) is 6.61 Å². The van der Waals surface area contributed by atoms with Gasteiger partial charge in [0.2, 0.25) is 0 Å². The smallest absolute Gasteiger partial charge is 0.329 e. The van der Waals surface area contributed by atoms with Crippen molar-refractivity contribution in [1.82, 2.24) is 0 Å². The van der Waals surface area contributed by atoms with E-state index in [0.29, 0.717) is 18.6 Å². The molecule has 0 spiro atoms. The SMILES string of the molecule is N[C@H]1CC2(COCC(=O)O)CC1C2. The Balaban J connectivity index is 1.74. The Morgan fingerprint density at radius 2 is 2.23 bits per heavy atom. The molecule has 3 aliphatic carbocycles. The highest BCUT2D eigenvalue weighted by molar-refractivity contribution is 5.67. The summed E-state index contributed by atoms with van der Waals surface area (Å²) < 4.78 is 5.11. The van der Waals surface area contributed by atoms with Crippen LogP contribution in [0.4, 0.5) is 0 Å². The van der Waals surface area contributed by atoms with E-state index in [2.05, 4.69) is 0 Å². The maximum atomic E-state index is 10.2. The van der Waals surface area contributed by atoms with Gasteiger partial charge in [-0.05, 0) is 30.6 Å². The van der Waals surface area contributed by atoms with Gasteiger partial charge in [0, 0.05) is 6.04 Å². The Bertz CT molecular complexity index is 223. The fourth-order valence-corrected chi connectivity index (χ4v) is 2.72. The van der Waals surface area contributed by atoms with E-state index in [9.17, 15) is 4.79 Å². The average molecular weight is 185 g/mol. The second-order valence-electron chi connectivity index (χ2n) is 4.42. The number of hydrogen-bond donors (Lipinski definition) is 2. The maximum absolute atomic E-state index is 10.2. The quantitative estimate of drug-likeness (QED) is 0.657. The first kappa shape index (κ1) is 8.97. The second kappa shape index (κ2) is 2.96. The summed E-state index contributed by atoms with van der Waals surface area (Å²) in [7, 11) is 0. The minimum atomic E-state index is -0.894. The molecule has 3 fully saturated rings. The van der Waals surface area contributed by atoms with Crippen LogP contribution < -0.4 is 5.73 Å². The molecule has 4 nitrogen and oxygen atoms in total. The lowest BCUT2D eigenvalue weighted by Gasteiger charge is -2.37. The zero-order valence-electron chi connectivity index (χ0n) is 7.53. The third kappa shape index (κ3) is 1.56. The number of carbonyl (C=O) groups is 1. The summed E-state index contributed by atoms with van der Waals surface area (Å²) in [6.07, 6.45) is 3.28. The normalized spacial score (nSPS) is 41.6. The molecular formula is C9H15NO3. The molecule has 3 saturated carbocycles. The fourth-order valence-electron chi connectivity index (χ4n) is 2.72. The molecule has 1 atom stereocenters. The number of aliphatic carboxylic acids is 1. The summed E-state index contributed by atoms with van der Waals surface area (Å²) in [6, 6.07) is 0.327. The molecule has 3 N–H and O–H groups in total. The molecule has 2 bridgehead atoms. The maximum Gasteiger partial charge on any atom is 0.329 e. The van der Waals surface area contributed by atoms with Crippen LogP contribution in [0.25, 0.3) is 0 Å². The summed E-state index contributed by atoms with van der Waals surface area (Å²) in [5, 5.41) is 8.39. The molecule has 0 aromatic carbocycles. The van der Waals surface area contributed by atoms with Crippen LogP contribution in [0.5, 0.6) is 0 Å². The summed E-state index contributed by atoms with van der Waals surface area (Å²) >= 11 is 0. The van der Waals surface area contributed by atoms with Crippen molar-refractivity contribution in [2.45, 2.75) is 25.3 Å². The highest BCUT2D eigenvalue weighted by atomic mass is 16.5. The lowest BCUT2D eigenvalue weighted by atomic mass is 9.70. The molecule has 0 unspecified atom stereocenters. The molecule has 0 aliphatic heterocycles. The number of nitrogens with two attached hydrogens (primary N) is 1. The first-order chi connectivity index (χ1) is 6.11. The van der Waals surface area contributed by atoms with Crippen LogP contribution in [0, 0.1) is 11.3 Å². The van der Waals surface area contributed by atoms with Crippen LogP contribution in [-0.4, -0.2) is 30.3 Å². The van der Waals surface area contributed by atoms with Crippen LogP contribution in [0.2, 0.25) is 0 Å². The van der Waals surface area contributed by atoms with Gasteiger partial charge in [-0.15, -0.1) is 0 Å². The van der Waals surface area contributed by atoms with Crippen LogP contribution >= 0.6 is 0 Å². The zero-order valence-corrected chi connectivity index (χ0v) is 7.53. The molecule has 0 aromatic heterocycles. The number of rotatable bonds is 4. The lowest BCUT2D eigenvalue weighted by Crippen LogP contribution is -2.34. The number of carboxylic acids is 1. The van der Waals surface area contributed by atoms with E-state index < -0.39 is 5.97 Å². The number of ether oxygens (including phenoxy) is 1. The lowest BCUT2D eigenvalue weighted by molar-refractivity contribution is -0.144. The van der Waals surface area contributed by atoms with E-state index in [1.54, 1.807) is 0 Å². The van der Waals surface area contributed by atoms with Gasteiger partial charge in [0.25, 0.3) is 0 Å². The Kier molecular flexibility index (Phi) is 2.04. The van der Waals surface area contributed by atoms with E-state index in [4.69, 9.17) is 15.6 Å². The highest BCUT2D eigenvalue weighted by Crippen LogP contribution is 2.58. The number of hydrogen-bond acceptors (Lipinski definition) is 3. The van der Waals surface area contributed by atoms with E-state index in [0.717, 1.165) is 19.3 Å².